The van der Waals surface area contributed by atoms with E-state index in [1.54, 1.807) is 6.07 Å². The third kappa shape index (κ3) is 3.63. The Balaban J connectivity index is 2.71. The summed E-state index contributed by atoms with van der Waals surface area (Å²) in [6.07, 6.45) is 0.750. The molecule has 0 saturated carbocycles. The van der Waals surface area contributed by atoms with Crippen molar-refractivity contribution < 1.29 is 5.11 Å². The number of aliphatic hydroxyl groups excluding tert-OH is 1. The van der Waals surface area contributed by atoms with E-state index >= 15 is 0 Å². The summed E-state index contributed by atoms with van der Waals surface area (Å²) in [5.74, 6) is 7.55. The molecule has 0 amide bonds. The fourth-order valence-electron chi connectivity index (χ4n) is 1.16. The van der Waals surface area contributed by atoms with E-state index in [0.717, 1.165) is 18.1 Å². The van der Waals surface area contributed by atoms with Gasteiger partial charge in [0.25, 0.3) is 0 Å². The first kappa shape index (κ1) is 12.7. The Hall–Kier alpha value is -1.40. The number of aliphatic hydroxyl groups is 1. The number of nitrogens with zero attached hydrogens (tertiary/aromatic N) is 2. The Morgan fingerprint density at radius 2 is 2.12 bits per heavy atom. The molecule has 1 rings (SSSR count). The quantitative estimate of drug-likeness (QED) is 0.412. The molecule has 0 radical (unpaired) electrons. The average Bonchev–Trinajstić information content (AvgIpc) is 2.35. The van der Waals surface area contributed by atoms with Gasteiger partial charge in [-0.25, -0.2) is 15.8 Å². The molecule has 0 saturated heterocycles. The van der Waals surface area contributed by atoms with Gasteiger partial charge in [-0.2, -0.15) is 0 Å². The molecule has 16 heavy (non-hydrogen) atoms. The summed E-state index contributed by atoms with van der Waals surface area (Å²) in [7, 11) is 0. The number of hydrazine groups is 1. The molecule has 90 valence electrons. The molecule has 1 heterocycles. The van der Waals surface area contributed by atoms with Crippen LogP contribution in [0.3, 0.4) is 0 Å². The lowest BCUT2D eigenvalue weighted by Gasteiger charge is -2.11. The first-order valence-electron chi connectivity index (χ1n) is 5.38. The molecule has 0 spiro atoms. The van der Waals surface area contributed by atoms with Crippen LogP contribution in [0.15, 0.2) is 6.07 Å². The number of aromatic nitrogens is 2. The van der Waals surface area contributed by atoms with Crippen LogP contribution in [-0.4, -0.2) is 28.2 Å². The lowest BCUT2D eigenvalue weighted by atomic mass is 10.2. The molecule has 1 unspecified atom stereocenters. The van der Waals surface area contributed by atoms with Crippen molar-refractivity contribution >= 4 is 11.6 Å². The van der Waals surface area contributed by atoms with Gasteiger partial charge in [-0.15, -0.1) is 0 Å². The predicted molar refractivity (Wildman–Crippen MR) is 64.0 cm³/mol. The van der Waals surface area contributed by atoms with Crippen LogP contribution in [0, 0.1) is 5.92 Å². The molecule has 5 N–H and O–H groups in total. The number of nitrogens with two attached hydrogens (primary N) is 1. The van der Waals surface area contributed by atoms with Gasteiger partial charge < -0.3 is 15.8 Å². The smallest absolute Gasteiger partial charge is 0.145 e. The maximum Gasteiger partial charge on any atom is 0.145 e. The maximum atomic E-state index is 8.91. The average molecular weight is 225 g/mol. The number of hydrogen-bond acceptors (Lipinski definition) is 6. The Kier molecular flexibility index (Phi) is 4.94. The van der Waals surface area contributed by atoms with Crippen LogP contribution in [0.4, 0.5) is 11.6 Å². The SMILES string of the molecule is CCc1nc(NN)cc(NCC(C)CO)n1. The number of nitrogen functional groups attached to an aromatic ring is 1. The highest BCUT2D eigenvalue weighted by molar-refractivity contribution is 5.46. The van der Waals surface area contributed by atoms with Crippen molar-refractivity contribution in [2.75, 3.05) is 23.9 Å². The van der Waals surface area contributed by atoms with E-state index in [0.29, 0.717) is 12.4 Å². The Bertz CT molecular complexity index is 309. The van der Waals surface area contributed by atoms with Crippen LogP contribution < -0.4 is 16.6 Å². The molecule has 1 atom stereocenters. The highest BCUT2D eigenvalue weighted by atomic mass is 16.3. The molecule has 0 aliphatic heterocycles. The fraction of sp³-hybridized carbons (Fsp3) is 0.600. The zero-order chi connectivity index (χ0) is 12.0. The molecule has 1 aromatic rings. The van der Waals surface area contributed by atoms with Gasteiger partial charge in [0.15, 0.2) is 0 Å². The summed E-state index contributed by atoms with van der Waals surface area (Å²) in [6.45, 7) is 4.76. The van der Waals surface area contributed by atoms with E-state index < -0.39 is 0 Å². The van der Waals surface area contributed by atoms with Crippen molar-refractivity contribution in [1.29, 1.82) is 0 Å². The van der Waals surface area contributed by atoms with Crippen LogP contribution in [-0.2, 0) is 6.42 Å². The third-order valence-corrected chi connectivity index (χ3v) is 2.18. The monoisotopic (exact) mass is 225 g/mol. The summed E-state index contributed by atoms with van der Waals surface area (Å²) in [5.41, 5.74) is 2.50. The molecule has 0 fully saturated rings. The van der Waals surface area contributed by atoms with E-state index in [-0.39, 0.29) is 12.5 Å². The topological polar surface area (TPSA) is 96.1 Å². The van der Waals surface area contributed by atoms with Crippen molar-refractivity contribution in [1.82, 2.24) is 9.97 Å². The molecular formula is C10H19N5O. The highest BCUT2D eigenvalue weighted by Gasteiger charge is 2.04. The molecule has 1 aromatic heterocycles. The van der Waals surface area contributed by atoms with Crippen LogP contribution in [0.5, 0.6) is 0 Å². The third-order valence-electron chi connectivity index (χ3n) is 2.18. The van der Waals surface area contributed by atoms with E-state index in [1.807, 2.05) is 13.8 Å². The zero-order valence-corrected chi connectivity index (χ0v) is 9.70. The van der Waals surface area contributed by atoms with Crippen LogP contribution in [0.1, 0.15) is 19.7 Å². The van der Waals surface area contributed by atoms with Gasteiger partial charge in [-0.1, -0.05) is 13.8 Å². The van der Waals surface area contributed by atoms with E-state index in [9.17, 15) is 0 Å². The predicted octanol–water partition coefficient (Wildman–Crippen LogP) is 0.365. The normalized spacial score (nSPS) is 12.2. The summed E-state index contributed by atoms with van der Waals surface area (Å²) in [4.78, 5) is 8.49. The number of aryl methyl sites for hydroxylation is 1. The van der Waals surface area contributed by atoms with Crippen molar-refractivity contribution in [3.8, 4) is 0 Å². The Morgan fingerprint density at radius 1 is 1.44 bits per heavy atom. The fourth-order valence-corrected chi connectivity index (χ4v) is 1.16. The molecule has 6 heteroatoms. The number of nitrogens with one attached hydrogen (secondary N) is 2. The van der Waals surface area contributed by atoms with Crippen molar-refractivity contribution in [2.24, 2.45) is 11.8 Å². The number of anilines is 2. The molecule has 0 bridgehead atoms. The minimum Gasteiger partial charge on any atom is -0.396 e. The van der Waals surface area contributed by atoms with E-state index in [4.69, 9.17) is 10.9 Å². The van der Waals surface area contributed by atoms with Crippen molar-refractivity contribution in [3.05, 3.63) is 11.9 Å². The van der Waals surface area contributed by atoms with Gasteiger partial charge in [-0.3, -0.25) is 0 Å². The molecular weight excluding hydrogens is 206 g/mol. The second kappa shape index (κ2) is 6.24. The largest absolute Gasteiger partial charge is 0.396 e. The van der Waals surface area contributed by atoms with E-state index in [1.165, 1.54) is 0 Å². The standard InChI is InChI=1S/C10H19N5O/c1-3-8-13-9(4-10(14-8)15-11)12-5-7(2)6-16/h4,7,16H,3,5-6,11H2,1-2H3,(H2,12,13,14,15). The Morgan fingerprint density at radius 3 is 2.69 bits per heavy atom. The van der Waals surface area contributed by atoms with Gasteiger partial charge in [0.05, 0.1) is 0 Å². The van der Waals surface area contributed by atoms with Gasteiger partial charge in [0, 0.05) is 25.6 Å². The second-order valence-corrected chi connectivity index (χ2v) is 3.72. The first-order valence-corrected chi connectivity index (χ1v) is 5.38. The number of hydrogen-bond donors (Lipinski definition) is 4. The molecule has 0 aromatic carbocycles. The summed E-state index contributed by atoms with van der Waals surface area (Å²) in [6, 6.07) is 1.74. The number of rotatable bonds is 6. The Labute approximate surface area is 95.3 Å². The maximum absolute atomic E-state index is 8.91. The summed E-state index contributed by atoms with van der Waals surface area (Å²) >= 11 is 0. The minimum atomic E-state index is 0.153. The highest BCUT2D eigenvalue weighted by Crippen LogP contribution is 2.11. The first-order chi connectivity index (χ1) is 7.69. The second-order valence-electron chi connectivity index (χ2n) is 3.72. The zero-order valence-electron chi connectivity index (χ0n) is 9.70. The lowest BCUT2D eigenvalue weighted by molar-refractivity contribution is 0.244. The van der Waals surface area contributed by atoms with Crippen molar-refractivity contribution in [2.45, 2.75) is 20.3 Å². The molecule has 0 aliphatic carbocycles. The molecule has 0 aliphatic rings. The van der Waals surface area contributed by atoms with Gasteiger partial charge in [-0.05, 0) is 5.92 Å². The lowest BCUT2D eigenvalue weighted by Crippen LogP contribution is -2.17. The van der Waals surface area contributed by atoms with E-state index in [2.05, 4.69) is 20.7 Å². The van der Waals surface area contributed by atoms with Crippen molar-refractivity contribution in [3.63, 3.8) is 0 Å². The van der Waals surface area contributed by atoms with Gasteiger partial charge >= 0.3 is 0 Å². The van der Waals surface area contributed by atoms with Crippen LogP contribution >= 0.6 is 0 Å². The van der Waals surface area contributed by atoms with Crippen LogP contribution in [0.25, 0.3) is 0 Å². The molecule has 6 nitrogen and oxygen atoms in total. The van der Waals surface area contributed by atoms with Gasteiger partial charge in [0.2, 0.25) is 0 Å². The van der Waals surface area contributed by atoms with Crippen LogP contribution in [0.2, 0.25) is 0 Å². The summed E-state index contributed by atoms with van der Waals surface area (Å²) in [5, 5.41) is 12.0. The van der Waals surface area contributed by atoms with Gasteiger partial charge in [0.1, 0.15) is 17.5 Å². The minimum absolute atomic E-state index is 0.153. The summed E-state index contributed by atoms with van der Waals surface area (Å²) < 4.78 is 0.